The number of nitrogens with zero attached hydrogens (tertiary/aromatic N) is 2. The third-order valence-corrected chi connectivity index (χ3v) is 6.39. The first-order chi connectivity index (χ1) is 14.1. The maximum Gasteiger partial charge on any atom is 0.275 e. The van der Waals surface area contributed by atoms with Crippen molar-refractivity contribution in [1.29, 1.82) is 0 Å². The van der Waals surface area contributed by atoms with E-state index in [0.29, 0.717) is 6.54 Å². The van der Waals surface area contributed by atoms with Gasteiger partial charge in [0.25, 0.3) is 11.6 Å². The molecule has 0 saturated carbocycles. The first-order valence-electron chi connectivity index (χ1n) is 9.74. The van der Waals surface area contributed by atoms with Gasteiger partial charge in [0.2, 0.25) is 0 Å². The van der Waals surface area contributed by atoms with E-state index in [-0.39, 0.29) is 0 Å². The van der Waals surface area contributed by atoms with E-state index in [9.17, 15) is 5.11 Å². The van der Waals surface area contributed by atoms with Gasteiger partial charge >= 0.3 is 0 Å². The van der Waals surface area contributed by atoms with Gasteiger partial charge in [-0.25, -0.2) is 4.90 Å². The summed E-state index contributed by atoms with van der Waals surface area (Å²) in [4.78, 5) is 2.24. The van der Waals surface area contributed by atoms with Crippen LogP contribution in [0.2, 0.25) is 0 Å². The van der Waals surface area contributed by atoms with Crippen molar-refractivity contribution in [3.8, 4) is 5.75 Å². The fraction of sp³-hybridized carbons (Fsp3) is 0.208. The number of hydrogen-bond acceptors (Lipinski definition) is 3. The molecule has 0 amide bonds. The molecule has 0 aromatic heterocycles. The molecule has 0 saturated heterocycles. The van der Waals surface area contributed by atoms with Crippen molar-refractivity contribution in [2.75, 3.05) is 18.6 Å². The Morgan fingerprint density at radius 2 is 1.69 bits per heavy atom. The highest BCUT2D eigenvalue weighted by molar-refractivity contribution is 9.10. The van der Waals surface area contributed by atoms with E-state index in [1.54, 1.807) is 7.11 Å². The van der Waals surface area contributed by atoms with Crippen LogP contribution in [0, 0.1) is 0 Å². The lowest BCUT2D eigenvalue weighted by Crippen LogP contribution is -2.39. The van der Waals surface area contributed by atoms with Crippen LogP contribution in [-0.2, 0) is 12.1 Å². The van der Waals surface area contributed by atoms with Crippen molar-refractivity contribution < 1.29 is 14.4 Å². The van der Waals surface area contributed by atoms with Crippen molar-refractivity contribution in [1.82, 2.24) is 0 Å². The number of aryl methyl sites for hydroxylation is 1. The molecule has 2 heterocycles. The molecule has 5 heteroatoms. The number of anilines is 1. The molecule has 3 aromatic rings. The molecule has 0 bridgehead atoms. The number of amidine groups is 1. The summed E-state index contributed by atoms with van der Waals surface area (Å²) in [5.41, 5.74) is 3.11. The molecular formula is C24H22BrN2O2+. The molecule has 29 heavy (non-hydrogen) atoms. The molecule has 1 N–H and O–H groups in total. The SMILES string of the molecule is COc1ccc(C2(O)CN(c3ccc(Br)cc3)C3=[N+]2c2ccccc2CC3)cc1. The standard InChI is InChI=1S/C24H22BrN2O2/c1-29-21-13-7-18(8-14-21)24(28)16-26(20-11-9-19(25)10-12-20)23-15-6-17-4-2-3-5-22(17)27(23)24/h2-5,7-14,28H,6,15-16H2,1H3/q+1. The van der Waals surface area contributed by atoms with Crippen LogP contribution in [0.3, 0.4) is 0 Å². The second-order valence-corrected chi connectivity index (χ2v) is 8.40. The molecular weight excluding hydrogens is 428 g/mol. The molecule has 146 valence electrons. The maximum absolute atomic E-state index is 12.1. The third-order valence-electron chi connectivity index (χ3n) is 5.86. The number of hydrogen-bond donors (Lipinski definition) is 1. The van der Waals surface area contributed by atoms with Crippen molar-refractivity contribution in [3.05, 3.63) is 88.4 Å². The second-order valence-electron chi connectivity index (χ2n) is 7.49. The van der Waals surface area contributed by atoms with E-state index in [4.69, 9.17) is 4.74 Å². The van der Waals surface area contributed by atoms with Gasteiger partial charge in [-0.2, -0.15) is 4.58 Å². The summed E-state index contributed by atoms with van der Waals surface area (Å²) >= 11 is 3.52. The number of fused-ring (bicyclic) bond motifs is 2. The monoisotopic (exact) mass is 449 g/mol. The molecule has 4 nitrogen and oxygen atoms in total. The van der Waals surface area contributed by atoms with Crippen LogP contribution in [0.4, 0.5) is 11.4 Å². The lowest BCUT2D eigenvalue weighted by molar-refractivity contribution is -0.594. The first kappa shape index (κ1) is 18.4. The minimum Gasteiger partial charge on any atom is -0.497 e. The maximum atomic E-state index is 12.1. The second kappa shape index (κ2) is 7.01. The Kier molecular flexibility index (Phi) is 4.45. The molecule has 0 aliphatic carbocycles. The summed E-state index contributed by atoms with van der Waals surface area (Å²) in [6.45, 7) is 0.463. The van der Waals surface area contributed by atoms with Crippen LogP contribution < -0.4 is 9.64 Å². The number of ether oxygens (including phenoxy) is 1. The summed E-state index contributed by atoms with van der Waals surface area (Å²) in [7, 11) is 1.65. The van der Waals surface area contributed by atoms with Crippen LogP contribution >= 0.6 is 15.9 Å². The number of β-amino-alcohol motifs (C(OH)–C–C–N with tert-alkyl or cyclic N) is 1. The normalized spacial score (nSPS) is 20.4. The minimum atomic E-state index is -1.16. The van der Waals surface area contributed by atoms with Gasteiger partial charge in [-0.05, 0) is 66.6 Å². The van der Waals surface area contributed by atoms with Gasteiger partial charge in [0, 0.05) is 10.0 Å². The summed E-state index contributed by atoms with van der Waals surface area (Å²) in [6.07, 6.45) is 1.85. The number of aliphatic hydroxyl groups is 1. The van der Waals surface area contributed by atoms with Crippen LogP contribution in [0.1, 0.15) is 17.5 Å². The molecule has 2 aliphatic heterocycles. The topological polar surface area (TPSA) is 35.7 Å². The Labute approximate surface area is 178 Å². The first-order valence-corrected chi connectivity index (χ1v) is 10.5. The van der Waals surface area contributed by atoms with Crippen LogP contribution in [0.5, 0.6) is 5.75 Å². The van der Waals surface area contributed by atoms with Gasteiger partial charge in [-0.3, -0.25) is 0 Å². The molecule has 0 radical (unpaired) electrons. The van der Waals surface area contributed by atoms with Gasteiger partial charge in [-0.1, -0.05) is 34.1 Å². The smallest absolute Gasteiger partial charge is 0.275 e. The highest BCUT2D eigenvalue weighted by Gasteiger charge is 2.54. The van der Waals surface area contributed by atoms with E-state index in [2.05, 4.69) is 55.7 Å². The van der Waals surface area contributed by atoms with E-state index >= 15 is 0 Å². The molecule has 3 aromatic carbocycles. The van der Waals surface area contributed by atoms with Crippen LogP contribution in [0.15, 0.2) is 77.3 Å². The van der Waals surface area contributed by atoms with Gasteiger partial charge < -0.3 is 9.84 Å². The lowest BCUT2D eigenvalue weighted by Gasteiger charge is -2.26. The average Bonchev–Trinajstić information content (AvgIpc) is 3.08. The van der Waals surface area contributed by atoms with E-state index in [1.165, 1.54) is 5.56 Å². The highest BCUT2D eigenvalue weighted by atomic mass is 79.9. The van der Waals surface area contributed by atoms with Crippen molar-refractivity contribution in [3.63, 3.8) is 0 Å². The van der Waals surface area contributed by atoms with Crippen LogP contribution in [0.25, 0.3) is 0 Å². The Morgan fingerprint density at radius 3 is 2.41 bits per heavy atom. The van der Waals surface area contributed by atoms with Gasteiger partial charge in [0.1, 0.15) is 17.1 Å². The van der Waals surface area contributed by atoms with Gasteiger partial charge in [0.05, 0.1) is 13.5 Å². The van der Waals surface area contributed by atoms with E-state index < -0.39 is 5.72 Å². The van der Waals surface area contributed by atoms with E-state index in [1.807, 2.05) is 42.5 Å². The molecule has 1 atom stereocenters. The summed E-state index contributed by atoms with van der Waals surface area (Å²) in [6, 6.07) is 24.4. The minimum absolute atomic E-state index is 0.463. The number of halogens is 1. The fourth-order valence-corrected chi connectivity index (χ4v) is 4.69. The van der Waals surface area contributed by atoms with Gasteiger partial charge in [0.15, 0.2) is 6.54 Å². The zero-order chi connectivity index (χ0) is 20.0. The summed E-state index contributed by atoms with van der Waals surface area (Å²) in [5.74, 6) is 1.91. The largest absolute Gasteiger partial charge is 0.497 e. The predicted molar refractivity (Wildman–Crippen MR) is 118 cm³/mol. The molecule has 0 spiro atoms. The Hall–Kier alpha value is -2.63. The summed E-state index contributed by atoms with van der Waals surface area (Å²) in [5, 5.41) is 12.1. The van der Waals surface area contributed by atoms with Crippen molar-refractivity contribution >= 4 is 33.1 Å². The average molecular weight is 450 g/mol. The molecule has 2 aliphatic rings. The lowest BCUT2D eigenvalue weighted by atomic mass is 9.98. The summed E-state index contributed by atoms with van der Waals surface area (Å²) < 4.78 is 8.48. The number of benzene rings is 3. The number of rotatable bonds is 3. The zero-order valence-electron chi connectivity index (χ0n) is 16.2. The number of methoxy groups -OCH3 is 1. The zero-order valence-corrected chi connectivity index (χ0v) is 17.8. The molecule has 0 fully saturated rings. The fourth-order valence-electron chi connectivity index (χ4n) is 4.43. The van der Waals surface area contributed by atoms with Crippen LogP contribution in [-0.4, -0.2) is 29.2 Å². The molecule has 5 rings (SSSR count). The highest BCUT2D eigenvalue weighted by Crippen LogP contribution is 2.42. The Morgan fingerprint density at radius 1 is 0.966 bits per heavy atom. The van der Waals surface area contributed by atoms with Crippen molar-refractivity contribution in [2.45, 2.75) is 18.6 Å². The Balaban J connectivity index is 1.69. The van der Waals surface area contributed by atoms with Gasteiger partial charge in [-0.15, -0.1) is 0 Å². The predicted octanol–water partition coefficient (Wildman–Crippen LogP) is 4.81. The van der Waals surface area contributed by atoms with E-state index in [0.717, 1.165) is 45.8 Å². The van der Waals surface area contributed by atoms with Crippen molar-refractivity contribution in [2.24, 2.45) is 0 Å². The number of para-hydroxylation sites is 1. The Bertz CT molecular complexity index is 1090. The quantitative estimate of drug-likeness (QED) is 0.582. The third kappa shape index (κ3) is 2.96. The molecule has 1 unspecified atom stereocenters.